The monoisotopic (exact) mass is 331 g/mol. The molecule has 0 aliphatic rings. The topological polar surface area (TPSA) is 92.2 Å². The number of hydrogen-bond acceptors (Lipinski definition) is 5. The van der Waals surface area contributed by atoms with Gasteiger partial charge in [-0.2, -0.15) is 5.26 Å². The normalized spacial score (nSPS) is 10.3. The Labute approximate surface area is 146 Å². The molecular weight excluding hydrogens is 314 g/mol. The number of nitriles is 1. The van der Waals surface area contributed by atoms with Gasteiger partial charge in [-0.3, -0.25) is 0 Å². The number of nitrogens with two attached hydrogens (primary N) is 1. The maximum atomic E-state index is 10.1. The Morgan fingerprint density at radius 2 is 1.84 bits per heavy atom. The van der Waals surface area contributed by atoms with Crippen LogP contribution in [0.25, 0.3) is 22.4 Å². The lowest BCUT2D eigenvalue weighted by Gasteiger charge is -2.16. The Kier molecular flexibility index (Phi) is 4.27. The maximum absolute atomic E-state index is 10.1. The van der Waals surface area contributed by atoms with Gasteiger partial charge in [0.1, 0.15) is 17.5 Å². The number of pyridine rings is 1. The van der Waals surface area contributed by atoms with Crippen molar-refractivity contribution in [2.45, 2.75) is 6.92 Å². The van der Waals surface area contributed by atoms with Crippen LogP contribution in [0.5, 0.6) is 11.5 Å². The molecule has 2 aromatic carbocycles. The summed E-state index contributed by atoms with van der Waals surface area (Å²) in [5.74, 6) is 0.530. The van der Waals surface area contributed by atoms with Gasteiger partial charge in [0.05, 0.1) is 12.8 Å². The number of anilines is 1. The van der Waals surface area contributed by atoms with Crippen LogP contribution < -0.4 is 10.5 Å². The summed E-state index contributed by atoms with van der Waals surface area (Å²) in [6.07, 6.45) is 0. The molecule has 1 heterocycles. The molecule has 5 nitrogen and oxygen atoms in total. The molecule has 5 heteroatoms. The van der Waals surface area contributed by atoms with Crippen LogP contribution in [0.4, 0.5) is 5.82 Å². The van der Waals surface area contributed by atoms with Crippen LogP contribution in [0.15, 0.2) is 48.5 Å². The quantitative estimate of drug-likeness (QED) is 0.759. The Morgan fingerprint density at radius 1 is 1.12 bits per heavy atom. The van der Waals surface area contributed by atoms with Gasteiger partial charge < -0.3 is 15.6 Å². The van der Waals surface area contributed by atoms with E-state index >= 15 is 0 Å². The largest absolute Gasteiger partial charge is 0.504 e. The van der Waals surface area contributed by atoms with Crippen LogP contribution in [-0.2, 0) is 0 Å². The Bertz CT molecular complexity index is 976. The first-order valence-electron chi connectivity index (χ1n) is 7.69. The molecule has 0 aliphatic carbocycles. The summed E-state index contributed by atoms with van der Waals surface area (Å²) in [5.41, 5.74) is 10.1. The van der Waals surface area contributed by atoms with Gasteiger partial charge in [0.15, 0.2) is 11.5 Å². The van der Waals surface area contributed by atoms with Gasteiger partial charge in [0.2, 0.25) is 0 Å². The number of aromatic nitrogens is 1. The van der Waals surface area contributed by atoms with E-state index in [-0.39, 0.29) is 11.6 Å². The maximum Gasteiger partial charge on any atom is 0.160 e. The number of rotatable bonds is 3. The molecule has 3 N–H and O–H groups in total. The van der Waals surface area contributed by atoms with Crippen LogP contribution in [-0.4, -0.2) is 17.2 Å². The number of aromatic hydroxyl groups is 1. The Balaban J connectivity index is 2.30. The summed E-state index contributed by atoms with van der Waals surface area (Å²) in [6, 6.07) is 16.8. The second-order valence-corrected chi connectivity index (χ2v) is 5.59. The van der Waals surface area contributed by atoms with Crippen molar-refractivity contribution in [2.24, 2.45) is 0 Å². The van der Waals surface area contributed by atoms with E-state index < -0.39 is 0 Å². The van der Waals surface area contributed by atoms with Crippen molar-refractivity contribution < 1.29 is 9.84 Å². The predicted octanol–water partition coefficient (Wildman–Crippen LogP) is 3.89. The van der Waals surface area contributed by atoms with E-state index in [0.29, 0.717) is 28.1 Å². The highest BCUT2D eigenvalue weighted by Gasteiger charge is 2.19. The number of nitrogens with zero attached hydrogens (tertiary/aromatic N) is 2. The third-order valence-electron chi connectivity index (χ3n) is 4.10. The molecular formula is C20H17N3O2. The molecule has 0 unspecified atom stereocenters. The molecule has 3 aromatic rings. The van der Waals surface area contributed by atoms with E-state index in [1.54, 1.807) is 18.2 Å². The lowest BCUT2D eigenvalue weighted by Crippen LogP contribution is -2.03. The lowest BCUT2D eigenvalue weighted by molar-refractivity contribution is 0.373. The first-order valence-corrected chi connectivity index (χ1v) is 7.69. The second-order valence-electron chi connectivity index (χ2n) is 5.59. The minimum Gasteiger partial charge on any atom is -0.504 e. The van der Waals surface area contributed by atoms with Crippen molar-refractivity contribution in [1.29, 1.82) is 5.26 Å². The minimum atomic E-state index is -0.0000606. The molecule has 1 aromatic heterocycles. The van der Waals surface area contributed by atoms with Crippen LogP contribution in [0.3, 0.4) is 0 Å². The van der Waals surface area contributed by atoms with Gasteiger partial charge in [-0.1, -0.05) is 36.4 Å². The summed E-state index contributed by atoms with van der Waals surface area (Å²) in [6.45, 7) is 1.90. The average molecular weight is 331 g/mol. The van der Waals surface area contributed by atoms with E-state index in [1.807, 2.05) is 37.3 Å². The Hall–Kier alpha value is -3.52. The van der Waals surface area contributed by atoms with Gasteiger partial charge in [-0.15, -0.1) is 0 Å². The summed E-state index contributed by atoms with van der Waals surface area (Å²) in [4.78, 5) is 4.42. The van der Waals surface area contributed by atoms with Crippen LogP contribution in [0.1, 0.15) is 11.1 Å². The van der Waals surface area contributed by atoms with Crippen molar-refractivity contribution >= 4 is 5.82 Å². The van der Waals surface area contributed by atoms with Crippen molar-refractivity contribution in [2.75, 3.05) is 12.8 Å². The summed E-state index contributed by atoms with van der Waals surface area (Å²) < 4.78 is 5.09. The van der Waals surface area contributed by atoms with Gasteiger partial charge in [-0.25, -0.2) is 4.98 Å². The highest BCUT2D eigenvalue weighted by atomic mass is 16.5. The molecule has 0 saturated heterocycles. The number of benzene rings is 2. The molecule has 0 radical (unpaired) electrons. The molecule has 0 amide bonds. The van der Waals surface area contributed by atoms with Crippen molar-refractivity contribution in [3.8, 4) is 40.0 Å². The zero-order valence-electron chi connectivity index (χ0n) is 13.9. The van der Waals surface area contributed by atoms with E-state index in [9.17, 15) is 10.4 Å². The van der Waals surface area contributed by atoms with Gasteiger partial charge in [0.25, 0.3) is 0 Å². The third kappa shape index (κ3) is 2.86. The second kappa shape index (κ2) is 6.54. The van der Waals surface area contributed by atoms with Gasteiger partial charge in [0, 0.05) is 11.1 Å². The first-order chi connectivity index (χ1) is 12.1. The smallest absolute Gasteiger partial charge is 0.160 e. The molecule has 0 spiro atoms. The summed E-state index contributed by atoms with van der Waals surface area (Å²) >= 11 is 0. The van der Waals surface area contributed by atoms with E-state index in [1.165, 1.54) is 7.11 Å². The zero-order valence-corrected chi connectivity index (χ0v) is 13.9. The number of phenolic OH excluding ortho intramolecular Hbond substituents is 1. The first kappa shape index (κ1) is 16.3. The number of nitrogen functional groups attached to an aromatic ring is 1. The number of methoxy groups -OCH3 is 1. The van der Waals surface area contributed by atoms with E-state index in [2.05, 4.69) is 11.1 Å². The molecule has 124 valence electrons. The molecule has 0 aliphatic heterocycles. The number of ether oxygens (including phenoxy) is 1. The third-order valence-corrected chi connectivity index (χ3v) is 4.10. The molecule has 0 fully saturated rings. The SMILES string of the molecule is COc1ccc(-c2c(C)c(-c3ccccc3)nc(N)c2C#N)cc1O. The van der Waals surface area contributed by atoms with Crippen LogP contribution in [0, 0.1) is 18.3 Å². The summed E-state index contributed by atoms with van der Waals surface area (Å²) in [7, 11) is 1.48. The fraction of sp³-hybridized carbons (Fsp3) is 0.100. The molecule has 0 atom stereocenters. The molecule has 0 saturated carbocycles. The van der Waals surface area contributed by atoms with E-state index in [4.69, 9.17) is 10.5 Å². The highest BCUT2D eigenvalue weighted by molar-refractivity contribution is 5.84. The predicted molar refractivity (Wildman–Crippen MR) is 97.2 cm³/mol. The van der Waals surface area contributed by atoms with Crippen LogP contribution in [0.2, 0.25) is 0 Å². The number of phenols is 1. The van der Waals surface area contributed by atoms with Gasteiger partial charge >= 0.3 is 0 Å². The fourth-order valence-corrected chi connectivity index (χ4v) is 2.89. The van der Waals surface area contributed by atoms with Crippen LogP contribution >= 0.6 is 0 Å². The number of hydrogen-bond donors (Lipinski definition) is 2. The molecule has 3 rings (SSSR count). The van der Waals surface area contributed by atoms with Crippen molar-refractivity contribution in [3.63, 3.8) is 0 Å². The average Bonchev–Trinajstić information content (AvgIpc) is 2.63. The standard InChI is InChI=1S/C20H17N3O2/c1-12-18(14-8-9-17(25-2)16(24)10-14)15(11-21)20(22)23-19(12)13-6-4-3-5-7-13/h3-10,24H,1-2H3,(H2,22,23). The molecule has 0 bridgehead atoms. The van der Waals surface area contributed by atoms with Crippen molar-refractivity contribution in [1.82, 2.24) is 4.98 Å². The summed E-state index contributed by atoms with van der Waals surface area (Å²) in [5, 5.41) is 19.7. The zero-order chi connectivity index (χ0) is 18.0. The lowest BCUT2D eigenvalue weighted by atomic mass is 9.92. The Morgan fingerprint density at radius 3 is 2.44 bits per heavy atom. The van der Waals surface area contributed by atoms with E-state index in [0.717, 1.165) is 11.1 Å². The fourth-order valence-electron chi connectivity index (χ4n) is 2.89. The highest BCUT2D eigenvalue weighted by Crippen LogP contribution is 2.38. The van der Waals surface area contributed by atoms with Gasteiger partial charge in [-0.05, 0) is 30.2 Å². The minimum absolute atomic E-state index is 0.0000606. The molecule has 25 heavy (non-hydrogen) atoms. The van der Waals surface area contributed by atoms with Crippen molar-refractivity contribution in [3.05, 3.63) is 59.7 Å².